The van der Waals surface area contributed by atoms with Gasteiger partial charge in [-0.3, -0.25) is 4.79 Å². The van der Waals surface area contributed by atoms with Crippen molar-refractivity contribution in [3.63, 3.8) is 0 Å². The van der Waals surface area contributed by atoms with E-state index in [0.717, 1.165) is 22.6 Å². The van der Waals surface area contributed by atoms with E-state index in [1.807, 2.05) is 50.2 Å². The molecule has 0 aliphatic rings. The third-order valence-electron chi connectivity index (χ3n) is 3.12. The maximum absolute atomic E-state index is 11.9. The number of anilines is 2. The minimum absolute atomic E-state index is 0.0867. The van der Waals surface area contributed by atoms with Crippen molar-refractivity contribution in [1.82, 2.24) is 0 Å². The van der Waals surface area contributed by atoms with Crippen molar-refractivity contribution in [2.45, 2.75) is 20.3 Å². The van der Waals surface area contributed by atoms with Gasteiger partial charge in [-0.2, -0.15) is 0 Å². The van der Waals surface area contributed by atoms with E-state index in [-0.39, 0.29) is 5.91 Å². The van der Waals surface area contributed by atoms with Crippen molar-refractivity contribution in [3.05, 3.63) is 53.6 Å². The number of amides is 1. The number of carbonyl (C=O) groups excluding carboxylic acids is 1. The molecule has 4 nitrogen and oxygen atoms in total. The van der Waals surface area contributed by atoms with Gasteiger partial charge in [0.05, 0.1) is 13.0 Å². The monoisotopic (exact) mass is 284 g/mol. The summed E-state index contributed by atoms with van der Waals surface area (Å²) in [5.41, 5.74) is 9.21. The summed E-state index contributed by atoms with van der Waals surface area (Å²) in [4.78, 5) is 11.9. The van der Waals surface area contributed by atoms with Crippen LogP contribution in [-0.2, 0) is 4.79 Å². The Labute approximate surface area is 124 Å². The lowest BCUT2D eigenvalue weighted by molar-refractivity contribution is -0.116. The third kappa shape index (κ3) is 4.53. The Morgan fingerprint density at radius 3 is 2.76 bits per heavy atom. The number of ether oxygens (including phenoxy) is 1. The van der Waals surface area contributed by atoms with Crippen molar-refractivity contribution < 1.29 is 9.53 Å². The molecule has 110 valence electrons. The lowest BCUT2D eigenvalue weighted by atomic mass is 10.2. The molecule has 0 bridgehead atoms. The van der Waals surface area contributed by atoms with E-state index in [9.17, 15) is 4.79 Å². The minimum atomic E-state index is -0.0867. The average molecular weight is 284 g/mol. The van der Waals surface area contributed by atoms with Crippen LogP contribution in [0.25, 0.3) is 0 Å². The average Bonchev–Trinajstić information content (AvgIpc) is 2.43. The van der Waals surface area contributed by atoms with E-state index < -0.39 is 0 Å². The first-order chi connectivity index (χ1) is 10.0. The highest BCUT2D eigenvalue weighted by Crippen LogP contribution is 2.18. The van der Waals surface area contributed by atoms with Gasteiger partial charge in [0.15, 0.2) is 0 Å². The molecule has 2 rings (SSSR count). The molecular weight excluding hydrogens is 264 g/mol. The quantitative estimate of drug-likeness (QED) is 0.828. The molecule has 0 aliphatic carbocycles. The van der Waals surface area contributed by atoms with Crippen LogP contribution >= 0.6 is 0 Å². The Morgan fingerprint density at radius 2 is 2.00 bits per heavy atom. The standard InChI is InChI=1S/C17H20N2O2/c1-12-4-3-5-15(10-12)21-9-8-17(20)19-16-11-14(18)7-6-13(16)2/h3-7,10-11H,8-9,18H2,1-2H3,(H,19,20). The van der Waals surface area contributed by atoms with Crippen LogP contribution in [0.4, 0.5) is 11.4 Å². The number of nitrogen functional groups attached to an aromatic ring is 1. The smallest absolute Gasteiger partial charge is 0.227 e. The first-order valence-electron chi connectivity index (χ1n) is 6.90. The summed E-state index contributed by atoms with van der Waals surface area (Å²) < 4.78 is 5.56. The maximum Gasteiger partial charge on any atom is 0.227 e. The number of benzene rings is 2. The topological polar surface area (TPSA) is 64.3 Å². The highest BCUT2D eigenvalue weighted by molar-refractivity contribution is 5.92. The summed E-state index contributed by atoms with van der Waals surface area (Å²) in [5.74, 6) is 0.694. The van der Waals surface area contributed by atoms with Gasteiger partial charge in [-0.1, -0.05) is 18.2 Å². The van der Waals surface area contributed by atoms with Crippen molar-refractivity contribution in [1.29, 1.82) is 0 Å². The molecule has 0 fully saturated rings. The van der Waals surface area contributed by atoms with Crippen LogP contribution in [0.2, 0.25) is 0 Å². The number of nitrogens with two attached hydrogens (primary N) is 1. The number of hydrogen-bond donors (Lipinski definition) is 2. The zero-order chi connectivity index (χ0) is 15.2. The van der Waals surface area contributed by atoms with Crippen molar-refractivity contribution in [2.24, 2.45) is 0 Å². The second-order valence-electron chi connectivity index (χ2n) is 5.04. The Balaban J connectivity index is 1.84. The van der Waals surface area contributed by atoms with Gasteiger partial charge in [-0.05, 0) is 49.2 Å². The van der Waals surface area contributed by atoms with Crippen LogP contribution in [0.3, 0.4) is 0 Å². The number of rotatable bonds is 5. The molecule has 3 N–H and O–H groups in total. The van der Waals surface area contributed by atoms with Crippen LogP contribution in [0, 0.1) is 13.8 Å². The summed E-state index contributed by atoms with van der Waals surface area (Å²) in [6.45, 7) is 4.27. The SMILES string of the molecule is Cc1cccc(OCCC(=O)Nc2cc(N)ccc2C)c1. The van der Waals surface area contributed by atoms with E-state index in [4.69, 9.17) is 10.5 Å². The van der Waals surface area contributed by atoms with E-state index in [1.165, 1.54) is 0 Å². The summed E-state index contributed by atoms with van der Waals surface area (Å²) >= 11 is 0. The number of hydrogen-bond acceptors (Lipinski definition) is 3. The lowest BCUT2D eigenvalue weighted by Crippen LogP contribution is -2.16. The first-order valence-corrected chi connectivity index (χ1v) is 6.90. The molecule has 0 saturated heterocycles. The molecule has 0 spiro atoms. The van der Waals surface area contributed by atoms with Crippen LogP contribution in [0.5, 0.6) is 5.75 Å². The van der Waals surface area contributed by atoms with Gasteiger partial charge < -0.3 is 15.8 Å². The zero-order valence-electron chi connectivity index (χ0n) is 12.3. The van der Waals surface area contributed by atoms with Crippen LogP contribution in [0.15, 0.2) is 42.5 Å². The Kier molecular flexibility index (Phi) is 4.82. The fraction of sp³-hybridized carbons (Fsp3) is 0.235. The number of aryl methyl sites for hydroxylation is 2. The summed E-state index contributed by atoms with van der Waals surface area (Å²) in [6.07, 6.45) is 0.294. The highest BCUT2D eigenvalue weighted by Gasteiger charge is 2.06. The summed E-state index contributed by atoms with van der Waals surface area (Å²) in [6, 6.07) is 13.2. The van der Waals surface area contributed by atoms with Gasteiger partial charge in [-0.15, -0.1) is 0 Å². The van der Waals surface area contributed by atoms with Gasteiger partial charge in [-0.25, -0.2) is 0 Å². The molecule has 0 saturated carbocycles. The molecule has 2 aromatic carbocycles. The highest BCUT2D eigenvalue weighted by atomic mass is 16.5. The van der Waals surface area contributed by atoms with Gasteiger partial charge in [0.25, 0.3) is 0 Å². The normalized spacial score (nSPS) is 10.2. The molecule has 1 amide bonds. The first kappa shape index (κ1) is 14.9. The molecule has 21 heavy (non-hydrogen) atoms. The summed E-state index contributed by atoms with van der Waals surface area (Å²) in [5, 5.41) is 2.85. The van der Waals surface area contributed by atoms with Crippen LogP contribution in [-0.4, -0.2) is 12.5 Å². The summed E-state index contributed by atoms with van der Waals surface area (Å²) in [7, 11) is 0. The van der Waals surface area contributed by atoms with Crippen LogP contribution < -0.4 is 15.8 Å². The van der Waals surface area contributed by atoms with E-state index >= 15 is 0 Å². The Morgan fingerprint density at radius 1 is 1.19 bits per heavy atom. The lowest BCUT2D eigenvalue weighted by Gasteiger charge is -2.10. The van der Waals surface area contributed by atoms with Crippen molar-refractivity contribution in [2.75, 3.05) is 17.7 Å². The van der Waals surface area contributed by atoms with Gasteiger partial charge in [0.2, 0.25) is 5.91 Å². The predicted octanol–water partition coefficient (Wildman–Crippen LogP) is 3.29. The molecule has 0 radical (unpaired) electrons. The number of nitrogens with one attached hydrogen (secondary N) is 1. The molecule has 0 aliphatic heterocycles. The van der Waals surface area contributed by atoms with E-state index in [1.54, 1.807) is 6.07 Å². The predicted molar refractivity (Wildman–Crippen MR) is 85.5 cm³/mol. The van der Waals surface area contributed by atoms with Gasteiger partial charge in [0, 0.05) is 11.4 Å². The molecule has 0 heterocycles. The molecule has 0 aromatic heterocycles. The minimum Gasteiger partial charge on any atom is -0.493 e. The Hall–Kier alpha value is -2.49. The number of carbonyl (C=O) groups is 1. The maximum atomic E-state index is 11.9. The van der Waals surface area contributed by atoms with E-state index in [2.05, 4.69) is 5.32 Å². The molecule has 0 unspecified atom stereocenters. The molecular formula is C17H20N2O2. The van der Waals surface area contributed by atoms with Gasteiger partial charge in [0.1, 0.15) is 5.75 Å². The molecule has 4 heteroatoms. The fourth-order valence-corrected chi connectivity index (χ4v) is 1.95. The molecule has 0 atom stereocenters. The fourth-order valence-electron chi connectivity index (χ4n) is 1.95. The second-order valence-corrected chi connectivity index (χ2v) is 5.04. The van der Waals surface area contributed by atoms with Crippen molar-refractivity contribution >= 4 is 17.3 Å². The van der Waals surface area contributed by atoms with Crippen molar-refractivity contribution in [3.8, 4) is 5.75 Å². The van der Waals surface area contributed by atoms with Gasteiger partial charge >= 0.3 is 0 Å². The van der Waals surface area contributed by atoms with E-state index in [0.29, 0.717) is 18.7 Å². The third-order valence-corrected chi connectivity index (χ3v) is 3.12. The Bertz CT molecular complexity index is 638. The molecule has 2 aromatic rings. The zero-order valence-corrected chi connectivity index (χ0v) is 12.3. The second kappa shape index (κ2) is 6.79. The van der Waals surface area contributed by atoms with Crippen LogP contribution in [0.1, 0.15) is 17.5 Å². The largest absolute Gasteiger partial charge is 0.493 e.